The van der Waals surface area contributed by atoms with Crippen molar-refractivity contribution in [1.29, 1.82) is 0 Å². The quantitative estimate of drug-likeness (QED) is 0.447. The smallest absolute Gasteiger partial charge is 0.384 e. The van der Waals surface area contributed by atoms with Crippen LogP contribution in [0.1, 0.15) is 11.7 Å². The zero-order valence-corrected chi connectivity index (χ0v) is 8.78. The number of benzene rings is 1. The van der Waals surface area contributed by atoms with Crippen LogP contribution in [0.4, 0.5) is 0 Å². The summed E-state index contributed by atoms with van der Waals surface area (Å²) < 4.78 is 4.31. The first-order valence-electron chi connectivity index (χ1n) is 4.16. The van der Waals surface area contributed by atoms with Gasteiger partial charge in [-0.05, 0) is 17.7 Å². The monoisotopic (exact) mass is 224 g/mol. The number of halogens is 1. The Morgan fingerprint density at radius 3 is 2.93 bits per heavy atom. The number of hydrogen-bond acceptors (Lipinski definition) is 3. The second-order valence-electron chi connectivity index (χ2n) is 2.72. The molecule has 0 fully saturated rings. The van der Waals surface area contributed by atoms with Crippen LogP contribution in [0.3, 0.4) is 0 Å². The average molecular weight is 225 g/mol. The van der Waals surface area contributed by atoms with E-state index in [0.717, 1.165) is 0 Å². The summed E-state index contributed by atoms with van der Waals surface area (Å²) >= 11 is 5.73. The Morgan fingerprint density at radius 2 is 2.33 bits per heavy atom. The van der Waals surface area contributed by atoms with E-state index in [1.807, 2.05) is 0 Å². The number of rotatable bonds is 1. The Bertz CT molecular complexity index is 417. The molecule has 0 spiro atoms. The summed E-state index contributed by atoms with van der Waals surface area (Å²) in [7, 11) is 1.22. The zero-order chi connectivity index (χ0) is 11.3. The molecule has 0 aliphatic rings. The Labute approximate surface area is 92.6 Å². The first-order chi connectivity index (χ1) is 7.13. The number of carbonyl (C=O) groups excluding carboxylic acids is 1. The van der Waals surface area contributed by atoms with Gasteiger partial charge in [-0.3, -0.25) is 0 Å². The average Bonchev–Trinajstić information content (AvgIpc) is 2.25. The lowest BCUT2D eigenvalue weighted by molar-refractivity contribution is -0.133. The normalized spacial score (nSPS) is 11.1. The predicted octanol–water partition coefficient (Wildman–Crippen LogP) is 1.55. The van der Waals surface area contributed by atoms with E-state index in [4.69, 9.17) is 11.6 Å². The van der Waals surface area contributed by atoms with Gasteiger partial charge in [0.05, 0.1) is 7.11 Å². The van der Waals surface area contributed by atoms with Crippen LogP contribution >= 0.6 is 11.6 Å². The summed E-state index contributed by atoms with van der Waals surface area (Å²) in [5.74, 6) is 3.81. The number of aliphatic hydroxyl groups excluding tert-OH is 1. The second-order valence-corrected chi connectivity index (χ2v) is 3.15. The molecule has 0 aliphatic heterocycles. The van der Waals surface area contributed by atoms with Crippen LogP contribution in [-0.2, 0) is 9.53 Å². The summed E-state index contributed by atoms with van der Waals surface area (Å²) in [4.78, 5) is 10.7. The third-order valence-electron chi connectivity index (χ3n) is 1.66. The van der Waals surface area contributed by atoms with E-state index in [0.29, 0.717) is 10.6 Å². The van der Waals surface area contributed by atoms with E-state index < -0.39 is 12.1 Å². The molecule has 0 bridgehead atoms. The van der Waals surface area contributed by atoms with Gasteiger partial charge in [0, 0.05) is 10.9 Å². The van der Waals surface area contributed by atoms with E-state index >= 15 is 0 Å². The molecular formula is C11H9ClO3. The molecule has 0 aromatic heterocycles. The standard InChI is InChI=1S/C11H9ClO3/c1-15-11(14)6-5-10(13)8-3-2-4-9(12)7-8/h2-4,7,10,13H,1H3. The lowest BCUT2D eigenvalue weighted by atomic mass is 10.1. The second kappa shape index (κ2) is 5.40. The lowest BCUT2D eigenvalue weighted by Crippen LogP contribution is -1.98. The molecule has 0 heterocycles. The Kier molecular flexibility index (Phi) is 4.17. The minimum absolute atomic E-state index is 0.506. The minimum Gasteiger partial charge on any atom is -0.459 e. The topological polar surface area (TPSA) is 46.5 Å². The molecule has 1 N–H and O–H groups in total. The number of methoxy groups -OCH3 is 1. The molecule has 15 heavy (non-hydrogen) atoms. The van der Waals surface area contributed by atoms with E-state index in [9.17, 15) is 9.90 Å². The number of esters is 1. The molecule has 3 nitrogen and oxygen atoms in total. The van der Waals surface area contributed by atoms with Crippen molar-refractivity contribution >= 4 is 17.6 Å². The summed E-state index contributed by atoms with van der Waals surface area (Å²) in [5.41, 5.74) is 0.541. The third kappa shape index (κ3) is 3.62. The van der Waals surface area contributed by atoms with Gasteiger partial charge < -0.3 is 9.84 Å². The van der Waals surface area contributed by atoms with Crippen LogP contribution in [0.5, 0.6) is 0 Å². The fraction of sp³-hybridized carbons (Fsp3) is 0.182. The van der Waals surface area contributed by atoms with Gasteiger partial charge in [0.15, 0.2) is 0 Å². The number of ether oxygens (including phenoxy) is 1. The van der Waals surface area contributed by atoms with Crippen LogP contribution in [0.2, 0.25) is 5.02 Å². The summed E-state index contributed by atoms with van der Waals surface area (Å²) in [6, 6.07) is 6.63. The first-order valence-corrected chi connectivity index (χ1v) is 4.54. The molecule has 1 aromatic carbocycles. The molecule has 1 unspecified atom stereocenters. The van der Waals surface area contributed by atoms with Gasteiger partial charge in [-0.2, -0.15) is 0 Å². The van der Waals surface area contributed by atoms with Gasteiger partial charge in [0.1, 0.15) is 6.10 Å². The van der Waals surface area contributed by atoms with Crippen LogP contribution in [0.25, 0.3) is 0 Å². The van der Waals surface area contributed by atoms with Crippen molar-refractivity contribution in [3.05, 3.63) is 34.9 Å². The third-order valence-corrected chi connectivity index (χ3v) is 1.90. The zero-order valence-electron chi connectivity index (χ0n) is 8.03. The maximum Gasteiger partial charge on any atom is 0.384 e. The fourth-order valence-electron chi connectivity index (χ4n) is 0.938. The largest absolute Gasteiger partial charge is 0.459 e. The van der Waals surface area contributed by atoms with Crippen molar-refractivity contribution in [3.8, 4) is 11.8 Å². The molecular weight excluding hydrogens is 216 g/mol. The number of aliphatic hydroxyl groups is 1. The van der Waals surface area contributed by atoms with Crippen molar-refractivity contribution in [2.24, 2.45) is 0 Å². The highest BCUT2D eigenvalue weighted by atomic mass is 35.5. The SMILES string of the molecule is COC(=O)C#CC(O)c1cccc(Cl)c1. The molecule has 4 heteroatoms. The molecule has 0 saturated heterocycles. The van der Waals surface area contributed by atoms with Crippen LogP contribution in [0, 0.1) is 11.8 Å². The molecule has 0 amide bonds. The van der Waals surface area contributed by atoms with Crippen molar-refractivity contribution in [2.45, 2.75) is 6.10 Å². The molecule has 1 aromatic rings. The van der Waals surface area contributed by atoms with Gasteiger partial charge in [0.25, 0.3) is 0 Å². The van der Waals surface area contributed by atoms with Crippen molar-refractivity contribution in [1.82, 2.24) is 0 Å². The summed E-state index contributed by atoms with van der Waals surface area (Å²) in [6.07, 6.45) is -1.04. The van der Waals surface area contributed by atoms with Crippen molar-refractivity contribution in [3.63, 3.8) is 0 Å². The van der Waals surface area contributed by atoms with Gasteiger partial charge in [0.2, 0.25) is 0 Å². The Morgan fingerprint density at radius 1 is 1.60 bits per heavy atom. The molecule has 0 aliphatic carbocycles. The highest BCUT2D eigenvalue weighted by Gasteiger charge is 2.04. The van der Waals surface area contributed by atoms with Gasteiger partial charge in [-0.1, -0.05) is 29.7 Å². The van der Waals surface area contributed by atoms with E-state index in [2.05, 4.69) is 16.6 Å². The van der Waals surface area contributed by atoms with Crippen LogP contribution < -0.4 is 0 Å². The van der Waals surface area contributed by atoms with E-state index in [1.165, 1.54) is 7.11 Å². The Hall–Kier alpha value is -1.50. The maximum atomic E-state index is 10.7. The molecule has 78 valence electrons. The summed E-state index contributed by atoms with van der Waals surface area (Å²) in [6.45, 7) is 0. The van der Waals surface area contributed by atoms with Crippen LogP contribution in [-0.4, -0.2) is 18.2 Å². The lowest BCUT2D eigenvalue weighted by Gasteiger charge is -2.02. The predicted molar refractivity (Wildman–Crippen MR) is 56.2 cm³/mol. The van der Waals surface area contributed by atoms with Gasteiger partial charge >= 0.3 is 5.97 Å². The number of carbonyl (C=O) groups is 1. The maximum absolute atomic E-state index is 10.7. The number of hydrogen-bond donors (Lipinski definition) is 1. The fourth-order valence-corrected chi connectivity index (χ4v) is 1.14. The molecule has 0 saturated carbocycles. The van der Waals surface area contributed by atoms with Gasteiger partial charge in [-0.25, -0.2) is 4.79 Å². The molecule has 1 rings (SSSR count). The molecule has 0 radical (unpaired) electrons. The minimum atomic E-state index is -1.04. The van der Waals surface area contributed by atoms with Crippen molar-refractivity contribution < 1.29 is 14.6 Å². The summed E-state index contributed by atoms with van der Waals surface area (Å²) in [5, 5.41) is 10.1. The van der Waals surface area contributed by atoms with Crippen LogP contribution in [0.15, 0.2) is 24.3 Å². The van der Waals surface area contributed by atoms with Crippen molar-refractivity contribution in [2.75, 3.05) is 7.11 Å². The van der Waals surface area contributed by atoms with E-state index in [-0.39, 0.29) is 0 Å². The highest BCUT2D eigenvalue weighted by molar-refractivity contribution is 6.30. The highest BCUT2D eigenvalue weighted by Crippen LogP contribution is 2.16. The Balaban J connectivity index is 2.80. The first kappa shape index (κ1) is 11.6. The van der Waals surface area contributed by atoms with Gasteiger partial charge in [-0.15, -0.1) is 0 Å². The molecule has 1 atom stereocenters. The van der Waals surface area contributed by atoms with E-state index in [1.54, 1.807) is 24.3 Å².